The molecule has 3 aromatic carbocycles. The lowest BCUT2D eigenvalue weighted by Crippen LogP contribution is -2.36. The van der Waals surface area contributed by atoms with Crippen LogP contribution in [0, 0.1) is 5.92 Å². The average Bonchev–Trinajstić information content (AvgIpc) is 3.15. The molecule has 0 fully saturated rings. The van der Waals surface area contributed by atoms with Crippen LogP contribution in [0.1, 0.15) is 34.3 Å². The number of benzene rings is 3. The summed E-state index contributed by atoms with van der Waals surface area (Å²) in [6.45, 7) is 1.70. The molecule has 168 valence electrons. The number of rotatable bonds is 4. The summed E-state index contributed by atoms with van der Waals surface area (Å²) in [5.74, 6) is -4.06. The van der Waals surface area contributed by atoms with E-state index < -0.39 is 23.4 Å². The number of fused-ring (bicyclic) bond motifs is 1. The number of ketones is 2. The van der Waals surface area contributed by atoms with Crippen molar-refractivity contribution in [1.29, 1.82) is 0 Å². The molecule has 1 amide bonds. The fourth-order valence-electron chi connectivity index (χ4n) is 4.59. The summed E-state index contributed by atoms with van der Waals surface area (Å²) in [5.41, 5.74) is 1.90. The second kappa shape index (κ2) is 8.39. The number of allylic oxidation sites excluding steroid dienone is 1. The van der Waals surface area contributed by atoms with Crippen LogP contribution in [-0.4, -0.2) is 28.3 Å². The third-order valence-corrected chi connectivity index (χ3v) is 6.44. The first-order valence-electron chi connectivity index (χ1n) is 10.7. The minimum Gasteiger partial charge on any atom is -0.507 e. The summed E-state index contributed by atoms with van der Waals surface area (Å²) in [6.07, 6.45) is 0. The first-order chi connectivity index (χ1) is 16.4. The summed E-state index contributed by atoms with van der Waals surface area (Å²) in [6, 6.07) is 22.0. The highest BCUT2D eigenvalue weighted by atomic mass is 35.5. The minimum absolute atomic E-state index is 0.117. The summed E-state index contributed by atoms with van der Waals surface area (Å²) in [4.78, 5) is 40.0. The summed E-state index contributed by atoms with van der Waals surface area (Å²) in [5, 5.41) is 17.5. The number of carbonyl (C=O) groups excluding carboxylic acids is 3. The molecule has 0 spiro atoms. The first-order valence-corrected chi connectivity index (χ1v) is 11.1. The van der Waals surface area contributed by atoms with Crippen molar-refractivity contribution in [3.8, 4) is 0 Å². The average molecular weight is 471 g/mol. The Balaban J connectivity index is 1.70. The van der Waals surface area contributed by atoms with Crippen LogP contribution in [0.4, 0.5) is 5.69 Å². The minimum atomic E-state index is -0.938. The SMILES string of the molecule is CC1=NN(c2ccccc2)C(=O)C1C(C1=C(O)c2ccccc2C(=O)C1=O)c1ccc(Cl)cc1. The predicted octanol–water partition coefficient (Wildman–Crippen LogP) is 5.20. The van der Waals surface area contributed by atoms with Crippen LogP contribution < -0.4 is 5.01 Å². The Morgan fingerprint density at radius 1 is 0.853 bits per heavy atom. The Hall–Kier alpha value is -4.03. The van der Waals surface area contributed by atoms with Gasteiger partial charge >= 0.3 is 0 Å². The second-order valence-electron chi connectivity index (χ2n) is 8.20. The quantitative estimate of drug-likeness (QED) is 0.531. The van der Waals surface area contributed by atoms with Gasteiger partial charge in [0.2, 0.25) is 11.6 Å². The van der Waals surface area contributed by atoms with Crippen molar-refractivity contribution in [2.45, 2.75) is 12.8 Å². The van der Waals surface area contributed by atoms with Gasteiger partial charge in [0.15, 0.2) is 0 Å². The molecule has 1 aliphatic carbocycles. The Kier molecular flexibility index (Phi) is 5.38. The lowest BCUT2D eigenvalue weighted by Gasteiger charge is -2.28. The molecule has 0 saturated carbocycles. The van der Waals surface area contributed by atoms with E-state index in [-0.39, 0.29) is 28.4 Å². The van der Waals surface area contributed by atoms with E-state index in [0.717, 1.165) is 0 Å². The molecule has 0 radical (unpaired) electrons. The maximum absolute atomic E-state index is 13.7. The summed E-state index contributed by atoms with van der Waals surface area (Å²) >= 11 is 6.09. The molecule has 34 heavy (non-hydrogen) atoms. The number of amides is 1. The molecule has 1 heterocycles. The molecule has 0 saturated heterocycles. The van der Waals surface area contributed by atoms with Gasteiger partial charge in [0, 0.05) is 27.8 Å². The van der Waals surface area contributed by atoms with Crippen molar-refractivity contribution in [2.75, 3.05) is 5.01 Å². The van der Waals surface area contributed by atoms with Gasteiger partial charge < -0.3 is 5.11 Å². The molecule has 5 rings (SSSR count). The molecular weight excluding hydrogens is 452 g/mol. The van der Waals surface area contributed by atoms with Crippen LogP contribution >= 0.6 is 11.6 Å². The van der Waals surface area contributed by atoms with E-state index >= 15 is 0 Å². The van der Waals surface area contributed by atoms with Crippen molar-refractivity contribution < 1.29 is 19.5 Å². The predicted molar refractivity (Wildman–Crippen MR) is 130 cm³/mol. The molecule has 3 aromatic rings. The molecule has 0 aromatic heterocycles. The van der Waals surface area contributed by atoms with E-state index in [2.05, 4.69) is 5.10 Å². The smallest absolute Gasteiger partial charge is 0.257 e. The molecule has 1 aliphatic heterocycles. The van der Waals surface area contributed by atoms with Crippen molar-refractivity contribution in [3.63, 3.8) is 0 Å². The number of anilines is 1. The largest absolute Gasteiger partial charge is 0.507 e. The number of nitrogens with zero attached hydrogens (tertiary/aromatic N) is 2. The van der Waals surface area contributed by atoms with E-state index in [9.17, 15) is 19.5 Å². The van der Waals surface area contributed by atoms with E-state index in [1.54, 1.807) is 73.7 Å². The Labute approximate surface area is 200 Å². The number of hydrazone groups is 1. The van der Waals surface area contributed by atoms with Gasteiger partial charge in [-0.05, 0) is 36.8 Å². The van der Waals surface area contributed by atoms with E-state index in [0.29, 0.717) is 22.0 Å². The second-order valence-corrected chi connectivity index (χ2v) is 8.64. The normalized spacial score (nSPS) is 18.8. The number of Topliss-reactive ketones (excluding diaryl/α,β-unsaturated/α-hetero) is 2. The van der Waals surface area contributed by atoms with Gasteiger partial charge in [-0.15, -0.1) is 0 Å². The van der Waals surface area contributed by atoms with Gasteiger partial charge in [0.1, 0.15) is 5.76 Å². The highest BCUT2D eigenvalue weighted by molar-refractivity contribution is 6.52. The van der Waals surface area contributed by atoms with E-state index in [4.69, 9.17) is 11.6 Å². The Morgan fingerprint density at radius 3 is 2.15 bits per heavy atom. The van der Waals surface area contributed by atoms with Gasteiger partial charge in [-0.25, -0.2) is 5.01 Å². The van der Waals surface area contributed by atoms with Crippen molar-refractivity contribution in [2.24, 2.45) is 11.0 Å². The van der Waals surface area contributed by atoms with E-state index in [1.165, 1.54) is 11.1 Å². The molecule has 1 N–H and O–H groups in total. The van der Waals surface area contributed by atoms with Crippen LogP contribution in [0.3, 0.4) is 0 Å². The standard InChI is InChI=1S/C27H19ClN2O4/c1-15-21(27(34)30(29-15)18-7-3-2-4-8-18)22(16-11-13-17(28)14-12-16)23-24(31)19-9-5-6-10-20(19)25(32)26(23)33/h2-14,21-22,31H,1H3. The molecule has 2 unspecified atom stereocenters. The first kappa shape index (κ1) is 21.8. The number of aliphatic hydroxyl groups is 1. The molecule has 6 nitrogen and oxygen atoms in total. The molecule has 2 atom stereocenters. The Morgan fingerprint density at radius 2 is 1.47 bits per heavy atom. The van der Waals surface area contributed by atoms with Gasteiger partial charge in [-0.2, -0.15) is 5.10 Å². The number of halogens is 1. The van der Waals surface area contributed by atoms with E-state index in [1.807, 2.05) is 6.07 Å². The summed E-state index contributed by atoms with van der Waals surface area (Å²) < 4.78 is 0. The lowest BCUT2D eigenvalue weighted by molar-refractivity contribution is -0.120. The monoisotopic (exact) mass is 470 g/mol. The number of hydrogen-bond donors (Lipinski definition) is 1. The number of hydrogen-bond acceptors (Lipinski definition) is 5. The summed E-state index contributed by atoms with van der Waals surface area (Å²) in [7, 11) is 0. The third kappa shape index (κ3) is 3.43. The number of para-hydroxylation sites is 1. The zero-order chi connectivity index (χ0) is 24.0. The number of carbonyl (C=O) groups is 3. The van der Waals surface area contributed by atoms with Gasteiger partial charge in [0.05, 0.1) is 17.2 Å². The van der Waals surface area contributed by atoms with Gasteiger partial charge in [0.25, 0.3) is 5.91 Å². The molecule has 2 aliphatic rings. The Bertz CT molecular complexity index is 1390. The zero-order valence-corrected chi connectivity index (χ0v) is 18.9. The van der Waals surface area contributed by atoms with Gasteiger partial charge in [-0.3, -0.25) is 14.4 Å². The molecule has 7 heteroatoms. The van der Waals surface area contributed by atoms with Crippen LogP contribution in [-0.2, 0) is 9.59 Å². The fourth-order valence-corrected chi connectivity index (χ4v) is 4.71. The van der Waals surface area contributed by atoms with Crippen LogP contribution in [0.2, 0.25) is 5.02 Å². The maximum atomic E-state index is 13.7. The van der Waals surface area contributed by atoms with Crippen LogP contribution in [0.5, 0.6) is 0 Å². The third-order valence-electron chi connectivity index (χ3n) is 6.19. The highest BCUT2D eigenvalue weighted by Crippen LogP contribution is 2.43. The fraction of sp³-hybridized carbons (Fsp3) is 0.111. The van der Waals surface area contributed by atoms with Gasteiger partial charge in [-0.1, -0.05) is 66.2 Å². The van der Waals surface area contributed by atoms with Crippen molar-refractivity contribution in [3.05, 3.63) is 106 Å². The topological polar surface area (TPSA) is 87.0 Å². The van der Waals surface area contributed by atoms with Crippen LogP contribution in [0.15, 0.2) is 89.5 Å². The van der Waals surface area contributed by atoms with Crippen molar-refractivity contribution >= 4 is 46.2 Å². The van der Waals surface area contributed by atoms with Crippen LogP contribution in [0.25, 0.3) is 5.76 Å². The molecule has 0 bridgehead atoms. The van der Waals surface area contributed by atoms with Crippen molar-refractivity contribution in [1.82, 2.24) is 0 Å². The molecular formula is C27H19ClN2O4. The number of aliphatic hydroxyl groups excluding tert-OH is 1. The zero-order valence-electron chi connectivity index (χ0n) is 18.1. The highest BCUT2D eigenvalue weighted by Gasteiger charge is 2.47. The lowest BCUT2D eigenvalue weighted by atomic mass is 9.72. The maximum Gasteiger partial charge on any atom is 0.257 e.